The Balaban J connectivity index is 1.56. The van der Waals surface area contributed by atoms with E-state index in [1.165, 1.54) is 5.39 Å². The Morgan fingerprint density at radius 2 is 1.79 bits per heavy atom. The molecule has 2 unspecified atom stereocenters. The second-order valence-corrected chi connectivity index (χ2v) is 7.67. The van der Waals surface area contributed by atoms with Crippen molar-refractivity contribution in [1.29, 1.82) is 0 Å². The first-order valence-corrected chi connectivity index (χ1v) is 9.98. The number of rotatable bonds is 6. The van der Waals surface area contributed by atoms with E-state index in [9.17, 15) is 4.79 Å². The molecule has 0 spiro atoms. The number of hydrogen-bond donors (Lipinski definition) is 2. The van der Waals surface area contributed by atoms with Gasteiger partial charge < -0.3 is 19.2 Å². The van der Waals surface area contributed by atoms with Crippen LogP contribution in [0.4, 0.5) is 0 Å². The van der Waals surface area contributed by atoms with E-state index in [1.54, 1.807) is 45.2 Å². The van der Waals surface area contributed by atoms with Crippen molar-refractivity contribution in [3.63, 3.8) is 0 Å². The molecule has 0 saturated carbocycles. The lowest BCUT2D eigenvalue weighted by Gasteiger charge is -2.16. The summed E-state index contributed by atoms with van der Waals surface area (Å²) >= 11 is 1.74. The monoisotopic (exact) mass is 398 g/mol. The van der Waals surface area contributed by atoms with Gasteiger partial charge in [-0.15, -0.1) is 11.8 Å². The number of ketones is 1. The molecule has 0 aliphatic carbocycles. The highest BCUT2D eigenvalue weighted by Gasteiger charge is 2.32. The number of thioether (sulfide) groups is 1. The van der Waals surface area contributed by atoms with Crippen LogP contribution in [-0.4, -0.2) is 43.9 Å². The van der Waals surface area contributed by atoms with Crippen molar-refractivity contribution in [3.8, 4) is 17.2 Å². The third-order valence-electron chi connectivity index (χ3n) is 4.93. The van der Waals surface area contributed by atoms with Gasteiger partial charge in [-0.25, -0.2) is 0 Å². The van der Waals surface area contributed by atoms with Gasteiger partial charge in [0.05, 0.1) is 32.7 Å². The van der Waals surface area contributed by atoms with E-state index in [1.807, 2.05) is 6.20 Å². The summed E-state index contributed by atoms with van der Waals surface area (Å²) in [5.74, 6) is 2.14. The number of Topliss-reactive ketones (excluding diaryl/α,β-unsaturated/α-hetero) is 1. The number of aromatic nitrogens is 1. The van der Waals surface area contributed by atoms with Crippen LogP contribution < -0.4 is 19.5 Å². The molecule has 0 radical (unpaired) electrons. The minimum absolute atomic E-state index is 0.0111. The zero-order chi connectivity index (χ0) is 19.7. The highest BCUT2D eigenvalue weighted by atomic mass is 32.2. The molecule has 1 fully saturated rings. The van der Waals surface area contributed by atoms with Crippen LogP contribution >= 0.6 is 11.8 Å². The second-order valence-electron chi connectivity index (χ2n) is 6.54. The number of fused-ring (bicyclic) bond motifs is 1. The lowest BCUT2D eigenvalue weighted by Crippen LogP contribution is -2.34. The van der Waals surface area contributed by atoms with Crippen LogP contribution in [0.2, 0.25) is 0 Å². The molecule has 2 N–H and O–H groups in total. The number of nitrogens with one attached hydrogen (secondary N) is 2. The van der Waals surface area contributed by atoms with Crippen molar-refractivity contribution in [3.05, 3.63) is 53.7 Å². The van der Waals surface area contributed by atoms with Gasteiger partial charge in [-0.05, 0) is 41.3 Å². The second kappa shape index (κ2) is 7.77. The molecule has 1 aromatic heterocycles. The Bertz CT molecular complexity index is 992. The molecule has 7 heteroatoms. The van der Waals surface area contributed by atoms with E-state index in [0.717, 1.165) is 11.1 Å². The smallest absolute Gasteiger partial charge is 0.203 e. The van der Waals surface area contributed by atoms with Crippen LogP contribution in [0.1, 0.15) is 21.3 Å². The highest BCUT2D eigenvalue weighted by Crippen LogP contribution is 2.40. The molecule has 6 nitrogen and oxygen atoms in total. The van der Waals surface area contributed by atoms with Gasteiger partial charge in [-0.2, -0.15) is 0 Å². The minimum Gasteiger partial charge on any atom is -0.493 e. The standard InChI is InChI=1S/C21H22N2O4S/c1-25-17-9-14(10-18(26-2)20(17)27-3)19(24)16-11-28-21(23-16)13-4-5-15-12(8-13)6-7-22-15/h4-10,16,21-23H,11H2,1-3H3. The van der Waals surface area contributed by atoms with E-state index in [2.05, 4.69) is 34.6 Å². The summed E-state index contributed by atoms with van der Waals surface area (Å²) in [6, 6.07) is 11.5. The molecular formula is C21H22N2O4S. The molecule has 28 heavy (non-hydrogen) atoms. The van der Waals surface area contributed by atoms with E-state index in [-0.39, 0.29) is 17.2 Å². The predicted molar refractivity (Wildman–Crippen MR) is 111 cm³/mol. The van der Waals surface area contributed by atoms with Gasteiger partial charge >= 0.3 is 0 Å². The van der Waals surface area contributed by atoms with Crippen LogP contribution in [0.15, 0.2) is 42.6 Å². The lowest BCUT2D eigenvalue weighted by atomic mass is 10.0. The maximum absolute atomic E-state index is 13.1. The Kier molecular flexibility index (Phi) is 5.19. The number of H-pyrrole nitrogens is 1. The molecule has 2 aromatic carbocycles. The first-order valence-electron chi connectivity index (χ1n) is 8.93. The molecule has 2 heterocycles. The molecule has 0 bridgehead atoms. The Morgan fingerprint density at radius 3 is 2.46 bits per heavy atom. The van der Waals surface area contributed by atoms with Crippen molar-refractivity contribution >= 4 is 28.4 Å². The SMILES string of the molecule is COc1cc(C(=O)C2CSC(c3ccc4[nH]ccc4c3)N2)cc(OC)c1OC. The number of benzene rings is 2. The fourth-order valence-electron chi connectivity index (χ4n) is 3.47. The van der Waals surface area contributed by atoms with Gasteiger partial charge in [0.2, 0.25) is 5.75 Å². The van der Waals surface area contributed by atoms with Gasteiger partial charge in [-0.1, -0.05) is 6.07 Å². The topological polar surface area (TPSA) is 72.6 Å². The third-order valence-corrected chi connectivity index (χ3v) is 6.20. The number of carbonyl (C=O) groups excluding carboxylic acids is 1. The lowest BCUT2D eigenvalue weighted by molar-refractivity contribution is 0.0955. The van der Waals surface area contributed by atoms with Crippen molar-refractivity contribution in [2.75, 3.05) is 27.1 Å². The molecule has 4 rings (SSSR count). The molecule has 0 amide bonds. The van der Waals surface area contributed by atoms with Crippen LogP contribution in [0.3, 0.4) is 0 Å². The molecule has 1 aliphatic rings. The normalized spacial score (nSPS) is 19.0. The van der Waals surface area contributed by atoms with Crippen LogP contribution in [0.25, 0.3) is 10.9 Å². The van der Waals surface area contributed by atoms with Crippen LogP contribution in [-0.2, 0) is 0 Å². The third kappa shape index (κ3) is 3.31. The number of methoxy groups -OCH3 is 3. The number of carbonyl (C=O) groups is 1. The Labute approximate surface area is 167 Å². The molecule has 2 atom stereocenters. The van der Waals surface area contributed by atoms with E-state index in [4.69, 9.17) is 14.2 Å². The van der Waals surface area contributed by atoms with Gasteiger partial charge in [0.1, 0.15) is 0 Å². The predicted octanol–water partition coefficient (Wildman–Crippen LogP) is 3.78. The van der Waals surface area contributed by atoms with Crippen molar-refractivity contribution in [1.82, 2.24) is 10.3 Å². The summed E-state index contributed by atoms with van der Waals surface area (Å²) in [7, 11) is 4.63. The minimum atomic E-state index is -0.278. The number of hydrogen-bond acceptors (Lipinski definition) is 6. The van der Waals surface area contributed by atoms with Crippen molar-refractivity contribution in [2.45, 2.75) is 11.4 Å². The molecule has 3 aromatic rings. The summed E-state index contributed by atoms with van der Waals surface area (Å²) in [6.07, 6.45) is 1.93. The highest BCUT2D eigenvalue weighted by molar-refractivity contribution is 7.99. The summed E-state index contributed by atoms with van der Waals surface area (Å²) in [5.41, 5.74) is 2.81. The van der Waals surface area contributed by atoms with E-state index < -0.39 is 0 Å². The Hall–Kier alpha value is -2.64. The fourth-order valence-corrected chi connectivity index (χ4v) is 4.71. The van der Waals surface area contributed by atoms with Crippen LogP contribution in [0.5, 0.6) is 17.2 Å². The van der Waals surface area contributed by atoms with Crippen molar-refractivity contribution in [2.24, 2.45) is 0 Å². The van der Waals surface area contributed by atoms with Gasteiger partial charge in [0.25, 0.3) is 0 Å². The first-order chi connectivity index (χ1) is 13.6. The molecular weight excluding hydrogens is 376 g/mol. The largest absolute Gasteiger partial charge is 0.493 e. The zero-order valence-corrected chi connectivity index (χ0v) is 16.8. The van der Waals surface area contributed by atoms with E-state index >= 15 is 0 Å². The van der Waals surface area contributed by atoms with Crippen molar-refractivity contribution < 1.29 is 19.0 Å². The van der Waals surface area contributed by atoms with Gasteiger partial charge in [0.15, 0.2) is 17.3 Å². The zero-order valence-electron chi connectivity index (χ0n) is 15.9. The van der Waals surface area contributed by atoms with Crippen LogP contribution in [0, 0.1) is 0 Å². The number of ether oxygens (including phenoxy) is 3. The average molecular weight is 398 g/mol. The maximum Gasteiger partial charge on any atom is 0.203 e. The summed E-state index contributed by atoms with van der Waals surface area (Å²) < 4.78 is 16.1. The fraction of sp³-hybridized carbons (Fsp3) is 0.286. The maximum atomic E-state index is 13.1. The first kappa shape index (κ1) is 18.7. The Morgan fingerprint density at radius 1 is 1.04 bits per heavy atom. The van der Waals surface area contributed by atoms with Gasteiger partial charge in [-0.3, -0.25) is 10.1 Å². The quantitative estimate of drug-likeness (QED) is 0.616. The molecule has 1 saturated heterocycles. The number of aromatic amines is 1. The summed E-state index contributed by atoms with van der Waals surface area (Å²) in [4.78, 5) is 16.3. The average Bonchev–Trinajstić information content (AvgIpc) is 3.40. The molecule has 1 aliphatic heterocycles. The summed E-state index contributed by atoms with van der Waals surface area (Å²) in [6.45, 7) is 0. The van der Waals surface area contributed by atoms with Gasteiger partial charge in [0, 0.05) is 23.0 Å². The van der Waals surface area contributed by atoms with E-state index in [0.29, 0.717) is 28.6 Å². The molecule has 146 valence electrons. The summed E-state index contributed by atoms with van der Waals surface area (Å²) in [5, 5.41) is 4.70.